The lowest BCUT2D eigenvalue weighted by Gasteiger charge is -2.27. The molecular weight excluding hydrogens is 418 g/mol. The van der Waals surface area contributed by atoms with Crippen LogP contribution < -0.4 is 10.2 Å². The number of hydrogen-bond acceptors (Lipinski definition) is 5. The Morgan fingerprint density at radius 3 is 2.88 bits per heavy atom. The maximum Gasteiger partial charge on any atom is 0.322 e. The standard InChI is InChI=1S/C22H24F2N6O2/c1-3-15(24)11-17(14(2)23)19-5-4-8-29(19)20-7-10-30-21(27-20)18(12-25-30)26-22(32)28-9-6-16(31)13-28/h1,7,10-12,16,19,31H,4-6,8-9,13H2,2H3,(H,26,32)/b15-11+,17-14-/t16-,19+/m0/s1. The first-order valence-corrected chi connectivity index (χ1v) is 10.4. The molecule has 0 spiro atoms. The van der Waals surface area contributed by atoms with Gasteiger partial charge in [0.1, 0.15) is 17.3 Å². The van der Waals surface area contributed by atoms with Crippen molar-refractivity contribution in [2.24, 2.45) is 0 Å². The Balaban J connectivity index is 1.62. The van der Waals surface area contributed by atoms with Crippen LogP contribution in [0, 0.1) is 12.3 Å². The number of halogens is 2. The van der Waals surface area contributed by atoms with Crippen LogP contribution in [-0.4, -0.2) is 62.4 Å². The number of fused-ring (bicyclic) bond motifs is 1. The highest BCUT2D eigenvalue weighted by Crippen LogP contribution is 2.32. The third kappa shape index (κ3) is 4.29. The average Bonchev–Trinajstić information content (AvgIpc) is 3.51. The van der Waals surface area contributed by atoms with Gasteiger partial charge in [-0.3, -0.25) is 0 Å². The molecule has 0 aromatic carbocycles. The Kier molecular flexibility index (Phi) is 6.10. The van der Waals surface area contributed by atoms with Crippen LogP contribution in [0.2, 0.25) is 0 Å². The van der Waals surface area contributed by atoms with Gasteiger partial charge in [0.25, 0.3) is 0 Å². The van der Waals surface area contributed by atoms with Gasteiger partial charge in [-0.2, -0.15) is 9.49 Å². The Hall–Kier alpha value is -3.45. The Labute approximate surface area is 184 Å². The third-order valence-electron chi connectivity index (χ3n) is 5.77. The fourth-order valence-electron chi connectivity index (χ4n) is 4.20. The van der Waals surface area contributed by atoms with Gasteiger partial charge in [-0.05, 0) is 44.2 Å². The van der Waals surface area contributed by atoms with Crippen molar-refractivity contribution in [2.75, 3.05) is 29.9 Å². The highest BCUT2D eigenvalue weighted by Gasteiger charge is 2.30. The van der Waals surface area contributed by atoms with Gasteiger partial charge in [-0.1, -0.05) is 0 Å². The number of urea groups is 1. The van der Waals surface area contributed by atoms with E-state index < -0.39 is 23.8 Å². The van der Waals surface area contributed by atoms with Gasteiger partial charge in [0.15, 0.2) is 11.5 Å². The minimum atomic E-state index is -0.833. The number of terminal acetylenes is 1. The summed E-state index contributed by atoms with van der Waals surface area (Å²) in [6.45, 7) is 2.64. The summed E-state index contributed by atoms with van der Waals surface area (Å²) in [7, 11) is 0. The molecule has 10 heteroatoms. The van der Waals surface area contributed by atoms with Crippen LogP contribution in [0.4, 0.5) is 25.1 Å². The molecule has 2 aliphatic heterocycles. The molecule has 0 radical (unpaired) electrons. The molecule has 0 unspecified atom stereocenters. The molecule has 32 heavy (non-hydrogen) atoms. The largest absolute Gasteiger partial charge is 0.391 e. The molecule has 8 nitrogen and oxygen atoms in total. The summed E-state index contributed by atoms with van der Waals surface area (Å²) in [5.41, 5.74) is 1.04. The lowest BCUT2D eigenvalue weighted by molar-refractivity contribution is 0.176. The highest BCUT2D eigenvalue weighted by atomic mass is 19.1. The van der Waals surface area contributed by atoms with Crippen molar-refractivity contribution in [1.82, 2.24) is 19.5 Å². The van der Waals surface area contributed by atoms with E-state index in [0.29, 0.717) is 43.1 Å². The van der Waals surface area contributed by atoms with Gasteiger partial charge >= 0.3 is 6.03 Å². The monoisotopic (exact) mass is 442 g/mol. The van der Waals surface area contributed by atoms with E-state index in [1.807, 2.05) is 10.8 Å². The van der Waals surface area contributed by atoms with E-state index in [9.17, 15) is 18.7 Å². The van der Waals surface area contributed by atoms with Crippen molar-refractivity contribution in [1.29, 1.82) is 0 Å². The number of hydrogen-bond donors (Lipinski definition) is 2. The molecule has 2 aliphatic rings. The summed E-state index contributed by atoms with van der Waals surface area (Å²) < 4.78 is 29.5. The number of rotatable bonds is 4. The normalized spacial score (nSPS) is 22.3. The van der Waals surface area contributed by atoms with E-state index in [4.69, 9.17) is 6.42 Å². The number of aliphatic hydroxyl groups is 1. The summed E-state index contributed by atoms with van der Waals surface area (Å²) >= 11 is 0. The maximum atomic E-state index is 14.3. The van der Waals surface area contributed by atoms with Gasteiger partial charge in [-0.25, -0.2) is 18.7 Å². The number of likely N-dealkylation sites (tertiary alicyclic amines) is 1. The smallest absolute Gasteiger partial charge is 0.322 e. The molecule has 4 heterocycles. The number of allylic oxidation sites excluding steroid dienone is 2. The number of carbonyl (C=O) groups is 1. The molecule has 0 bridgehead atoms. The van der Waals surface area contributed by atoms with E-state index in [-0.39, 0.29) is 18.1 Å². The van der Waals surface area contributed by atoms with Crippen molar-refractivity contribution in [3.8, 4) is 12.3 Å². The van der Waals surface area contributed by atoms with Gasteiger partial charge in [0.2, 0.25) is 0 Å². The topological polar surface area (TPSA) is 86.0 Å². The fraction of sp³-hybridized carbons (Fsp3) is 0.409. The van der Waals surface area contributed by atoms with Crippen molar-refractivity contribution in [3.63, 3.8) is 0 Å². The Bertz CT molecular complexity index is 1130. The molecule has 2 aromatic heterocycles. The van der Waals surface area contributed by atoms with E-state index in [0.717, 1.165) is 12.5 Å². The molecule has 4 rings (SSSR count). The van der Waals surface area contributed by atoms with Crippen LogP contribution in [0.3, 0.4) is 0 Å². The summed E-state index contributed by atoms with van der Waals surface area (Å²) in [4.78, 5) is 20.6. The first-order valence-electron chi connectivity index (χ1n) is 10.4. The van der Waals surface area contributed by atoms with Crippen LogP contribution in [0.15, 0.2) is 41.8 Å². The summed E-state index contributed by atoms with van der Waals surface area (Å²) in [6, 6.07) is 0.990. The predicted molar refractivity (Wildman–Crippen MR) is 116 cm³/mol. The number of aromatic nitrogens is 3. The highest BCUT2D eigenvalue weighted by molar-refractivity contribution is 5.93. The SMILES string of the molecule is C#C/C(F)=C\C(=C(/C)F)[C@H]1CCCN1c1ccn2ncc(NC(=O)N3CC[C@H](O)C3)c2n1. The molecule has 2 amide bonds. The second-order valence-electron chi connectivity index (χ2n) is 7.91. The van der Waals surface area contributed by atoms with Crippen molar-refractivity contribution in [2.45, 2.75) is 38.3 Å². The molecule has 2 fully saturated rings. The van der Waals surface area contributed by atoms with Crippen molar-refractivity contribution in [3.05, 3.63) is 41.8 Å². The second kappa shape index (κ2) is 8.96. The third-order valence-corrected chi connectivity index (χ3v) is 5.77. The van der Waals surface area contributed by atoms with Gasteiger partial charge in [-0.15, -0.1) is 6.42 Å². The minimum Gasteiger partial charge on any atom is -0.391 e. The number of amides is 2. The molecular formula is C22H24F2N6O2. The van der Waals surface area contributed by atoms with Crippen molar-refractivity contribution >= 4 is 23.2 Å². The zero-order valence-corrected chi connectivity index (χ0v) is 17.6. The van der Waals surface area contributed by atoms with E-state index in [2.05, 4.69) is 15.4 Å². The second-order valence-corrected chi connectivity index (χ2v) is 7.91. The lowest BCUT2D eigenvalue weighted by atomic mass is 10.0. The molecule has 0 aliphatic carbocycles. The molecule has 2 atom stereocenters. The number of anilines is 2. The average molecular weight is 442 g/mol. The van der Waals surface area contributed by atoms with E-state index >= 15 is 0 Å². The molecule has 2 saturated heterocycles. The zero-order chi connectivity index (χ0) is 22.8. The van der Waals surface area contributed by atoms with Crippen molar-refractivity contribution < 1.29 is 18.7 Å². The number of carbonyl (C=O) groups excluding carboxylic acids is 1. The van der Waals surface area contributed by atoms with Crippen LogP contribution >= 0.6 is 0 Å². The number of aliphatic hydroxyl groups excluding tert-OH is 1. The molecule has 168 valence electrons. The van der Waals surface area contributed by atoms with Crippen LogP contribution in [0.5, 0.6) is 0 Å². The number of nitrogens with zero attached hydrogens (tertiary/aromatic N) is 5. The summed E-state index contributed by atoms with van der Waals surface area (Å²) in [5, 5.41) is 16.7. The first kappa shape index (κ1) is 21.8. The van der Waals surface area contributed by atoms with Gasteiger partial charge < -0.3 is 20.2 Å². The van der Waals surface area contributed by atoms with Gasteiger partial charge in [0.05, 0.1) is 18.3 Å². The first-order chi connectivity index (χ1) is 15.4. The Morgan fingerprint density at radius 1 is 1.38 bits per heavy atom. The lowest BCUT2D eigenvalue weighted by Crippen LogP contribution is -2.33. The molecule has 0 saturated carbocycles. The van der Waals surface area contributed by atoms with E-state index in [1.165, 1.54) is 22.5 Å². The van der Waals surface area contributed by atoms with Crippen LogP contribution in [0.1, 0.15) is 26.2 Å². The van der Waals surface area contributed by atoms with Gasteiger partial charge in [0, 0.05) is 31.4 Å². The van der Waals surface area contributed by atoms with E-state index in [1.54, 1.807) is 12.3 Å². The zero-order valence-electron chi connectivity index (χ0n) is 17.6. The fourth-order valence-corrected chi connectivity index (χ4v) is 4.20. The summed E-state index contributed by atoms with van der Waals surface area (Å²) in [6.07, 6.45) is 10.8. The quantitative estimate of drug-likeness (QED) is 0.562. The Morgan fingerprint density at radius 2 is 2.19 bits per heavy atom. The number of nitrogens with one attached hydrogen (secondary N) is 1. The maximum absolute atomic E-state index is 14.3. The van der Waals surface area contributed by atoms with Crippen LogP contribution in [-0.2, 0) is 0 Å². The predicted octanol–water partition coefficient (Wildman–Crippen LogP) is 3.03. The molecule has 2 N–H and O–H groups in total. The molecule has 2 aromatic rings. The summed E-state index contributed by atoms with van der Waals surface area (Å²) in [5.74, 6) is 1.11. The van der Waals surface area contributed by atoms with Crippen LogP contribution in [0.25, 0.3) is 5.65 Å². The minimum absolute atomic E-state index is 0.189. The number of β-amino-alcohol motifs (C(OH)–C–C–N with tert-alkyl or cyclic N) is 1.